The van der Waals surface area contributed by atoms with Gasteiger partial charge in [-0.15, -0.1) is 0 Å². The number of unbranched alkanes of at least 4 members (excludes halogenated alkanes) is 20. The van der Waals surface area contributed by atoms with Crippen molar-refractivity contribution in [1.29, 1.82) is 0 Å². The molecule has 0 aromatic carbocycles. The van der Waals surface area contributed by atoms with Crippen LogP contribution in [0.2, 0.25) is 0 Å². The second-order valence-electron chi connectivity index (χ2n) is 19.4. The van der Waals surface area contributed by atoms with E-state index in [-0.39, 0.29) is 37.9 Å². The Morgan fingerprint density at radius 2 is 0.986 bits per heavy atom. The van der Waals surface area contributed by atoms with Crippen molar-refractivity contribution in [2.24, 2.45) is 0 Å². The van der Waals surface area contributed by atoms with E-state index in [0.29, 0.717) is 23.9 Å². The van der Waals surface area contributed by atoms with Gasteiger partial charge in [-0.2, -0.15) is 0 Å². The average molecular weight is 984 g/mol. The van der Waals surface area contributed by atoms with Crippen LogP contribution in [-0.2, 0) is 27.9 Å². The minimum Gasteiger partial charge on any atom is -0.456 e. The summed E-state index contributed by atoms with van der Waals surface area (Å²) in [4.78, 5) is 37.5. The monoisotopic (exact) mass is 984 g/mol. The van der Waals surface area contributed by atoms with Gasteiger partial charge in [0, 0.05) is 12.8 Å². The maximum Gasteiger partial charge on any atom is 0.472 e. The molecule has 0 fully saturated rings. The fourth-order valence-corrected chi connectivity index (χ4v) is 8.01. The van der Waals surface area contributed by atoms with E-state index < -0.39 is 20.0 Å². The lowest BCUT2D eigenvalue weighted by Crippen LogP contribution is -2.47. The lowest BCUT2D eigenvalue weighted by molar-refractivity contribution is -0.870. The number of phosphoric ester groups is 1. The topological polar surface area (TPSA) is 111 Å². The highest BCUT2D eigenvalue weighted by atomic mass is 31.2. The number of rotatable bonds is 48. The predicted molar refractivity (Wildman–Crippen MR) is 295 cm³/mol. The van der Waals surface area contributed by atoms with Gasteiger partial charge in [0.25, 0.3) is 0 Å². The smallest absolute Gasteiger partial charge is 0.456 e. The molecule has 3 unspecified atom stereocenters. The summed E-state index contributed by atoms with van der Waals surface area (Å²) in [5.41, 5.74) is 0. The summed E-state index contributed by atoms with van der Waals surface area (Å²) in [6.07, 6.45) is 64.0. The molecule has 3 atom stereocenters. The van der Waals surface area contributed by atoms with Gasteiger partial charge in [-0.05, 0) is 96.0 Å². The number of nitrogens with one attached hydrogen (secondary N) is 1. The Morgan fingerprint density at radius 1 is 0.536 bits per heavy atom. The molecule has 2 N–H and O–H groups in total. The predicted octanol–water partition coefficient (Wildman–Crippen LogP) is 16.4. The maximum absolute atomic E-state index is 13.5. The molecule has 0 saturated heterocycles. The number of phosphoric acid groups is 1. The summed E-state index contributed by atoms with van der Waals surface area (Å²) >= 11 is 0. The van der Waals surface area contributed by atoms with Crippen LogP contribution in [0.15, 0.2) is 97.2 Å². The largest absolute Gasteiger partial charge is 0.472 e. The van der Waals surface area contributed by atoms with Gasteiger partial charge in [0.15, 0.2) is 0 Å². The van der Waals surface area contributed by atoms with E-state index in [1.54, 1.807) is 0 Å². The number of ether oxygens (including phenoxy) is 1. The lowest BCUT2D eigenvalue weighted by atomic mass is 10.1. The molecule has 0 rings (SSSR count). The Labute approximate surface area is 424 Å². The molecule has 396 valence electrons. The first kappa shape index (κ1) is 65.9. The number of likely N-dealkylation sites (N-methyl/N-ethyl adjacent to an activating group) is 1. The Balaban J connectivity index is 5.43. The minimum atomic E-state index is -4.46. The quantitative estimate of drug-likeness (QED) is 0.0156. The van der Waals surface area contributed by atoms with Crippen molar-refractivity contribution in [2.45, 2.75) is 226 Å². The summed E-state index contributed by atoms with van der Waals surface area (Å²) in [5.74, 6) is -0.574. The maximum atomic E-state index is 13.5. The number of nitrogens with zero attached hydrogens (tertiary/aromatic N) is 1. The third-order valence-corrected chi connectivity index (χ3v) is 12.6. The number of hydrogen-bond donors (Lipinski definition) is 2. The van der Waals surface area contributed by atoms with Crippen LogP contribution in [0, 0.1) is 0 Å². The SMILES string of the molecule is CC/C=C/C=C/C=C\CCCCCCCC(=O)OC(/C=C\CCCCCCCCCCC)C(COP(=O)(O)OCC[N+](C)(C)C)NC(=O)CCCCC/C=C\C/C=C\C/C=C\C/C=C\CCCCC. The van der Waals surface area contributed by atoms with Gasteiger partial charge in [0.1, 0.15) is 19.3 Å². The molecule has 69 heavy (non-hydrogen) atoms. The summed E-state index contributed by atoms with van der Waals surface area (Å²) < 4.78 is 30.5. The molecule has 0 aliphatic carbocycles. The summed E-state index contributed by atoms with van der Waals surface area (Å²) in [7, 11) is 1.45. The minimum absolute atomic E-state index is 0.0252. The van der Waals surface area contributed by atoms with Crippen molar-refractivity contribution in [2.75, 3.05) is 40.9 Å². The molecular weight excluding hydrogens is 880 g/mol. The van der Waals surface area contributed by atoms with Gasteiger partial charge >= 0.3 is 13.8 Å². The Hall–Kier alpha value is -3.07. The molecule has 0 aromatic rings. The molecule has 9 nitrogen and oxygen atoms in total. The van der Waals surface area contributed by atoms with Crippen LogP contribution in [-0.4, -0.2) is 74.3 Å². The highest BCUT2D eigenvalue weighted by molar-refractivity contribution is 7.47. The van der Waals surface area contributed by atoms with Gasteiger partial charge in [0.05, 0.1) is 33.8 Å². The van der Waals surface area contributed by atoms with Crippen LogP contribution in [0.25, 0.3) is 0 Å². The van der Waals surface area contributed by atoms with Crippen molar-refractivity contribution < 1.29 is 37.3 Å². The van der Waals surface area contributed by atoms with Gasteiger partial charge in [0.2, 0.25) is 5.91 Å². The van der Waals surface area contributed by atoms with Gasteiger partial charge < -0.3 is 19.4 Å². The third-order valence-electron chi connectivity index (χ3n) is 11.6. The molecular formula is C59H104N2O7P+. The standard InChI is InChI=1S/C59H103N2O7P/c1-7-10-13-16-19-22-25-27-28-29-30-31-32-34-36-39-42-45-48-51-58(62)60-56(55-67-69(64,65)66-54-53-61(4,5)6)57(50-47-44-41-38-35-24-21-18-15-12-9-3)68-59(63)52-49-46-43-40-37-33-26-23-20-17-14-11-8-2/h11,14,17,19-20,22-23,26-28,30-31,34,36,47,50,56-57H,7-10,12-13,15-16,18,21,24-25,29,32-33,35,37-46,48-49,51-55H2,1-6H3,(H-,60,62,64,65)/p+1/b14-11+,20-17+,22-19-,26-23-,28-27-,31-30-,36-34-,50-47-. The Kier molecular flexibility index (Phi) is 46.4. The number of amides is 1. The molecule has 0 aliphatic rings. The van der Waals surface area contributed by atoms with E-state index in [2.05, 4.69) is 105 Å². The number of hydrogen-bond acceptors (Lipinski definition) is 6. The first-order valence-corrected chi connectivity index (χ1v) is 29.1. The van der Waals surface area contributed by atoms with Crippen LogP contribution in [0.1, 0.15) is 213 Å². The molecule has 0 aromatic heterocycles. The van der Waals surface area contributed by atoms with E-state index in [9.17, 15) is 19.0 Å². The van der Waals surface area contributed by atoms with Crippen LogP contribution in [0.5, 0.6) is 0 Å². The number of carbonyl (C=O) groups excluding carboxylic acids is 2. The van der Waals surface area contributed by atoms with E-state index in [1.807, 2.05) is 39.4 Å². The van der Waals surface area contributed by atoms with E-state index in [0.717, 1.165) is 96.3 Å². The molecule has 0 bridgehead atoms. The summed E-state index contributed by atoms with van der Waals surface area (Å²) in [6, 6.07) is -0.877. The summed E-state index contributed by atoms with van der Waals surface area (Å²) in [5, 5.41) is 3.02. The second-order valence-corrected chi connectivity index (χ2v) is 20.9. The van der Waals surface area contributed by atoms with Crippen molar-refractivity contribution in [3.63, 3.8) is 0 Å². The zero-order chi connectivity index (χ0) is 50.8. The summed E-state index contributed by atoms with van der Waals surface area (Å²) in [6.45, 7) is 6.78. The lowest BCUT2D eigenvalue weighted by Gasteiger charge is -2.27. The van der Waals surface area contributed by atoms with Gasteiger partial charge in [-0.1, -0.05) is 202 Å². The molecule has 0 spiro atoms. The molecule has 1 amide bonds. The number of esters is 1. The molecule has 0 heterocycles. The molecule has 10 heteroatoms. The van der Waals surface area contributed by atoms with Gasteiger partial charge in [-0.3, -0.25) is 18.6 Å². The first-order chi connectivity index (χ1) is 33.4. The zero-order valence-electron chi connectivity index (χ0n) is 45.0. The molecule has 0 aliphatic heterocycles. The van der Waals surface area contributed by atoms with Crippen molar-refractivity contribution in [1.82, 2.24) is 5.32 Å². The number of quaternary nitrogens is 1. The average Bonchev–Trinajstić information content (AvgIpc) is 3.31. The zero-order valence-corrected chi connectivity index (χ0v) is 45.9. The highest BCUT2D eigenvalue weighted by Crippen LogP contribution is 2.43. The molecule has 0 radical (unpaired) electrons. The van der Waals surface area contributed by atoms with Crippen molar-refractivity contribution >= 4 is 19.7 Å². The van der Waals surface area contributed by atoms with E-state index in [1.165, 1.54) is 70.6 Å². The van der Waals surface area contributed by atoms with Crippen molar-refractivity contribution in [3.8, 4) is 0 Å². The van der Waals surface area contributed by atoms with E-state index >= 15 is 0 Å². The van der Waals surface area contributed by atoms with Crippen LogP contribution in [0.4, 0.5) is 0 Å². The van der Waals surface area contributed by atoms with Crippen molar-refractivity contribution in [3.05, 3.63) is 97.2 Å². The first-order valence-electron chi connectivity index (χ1n) is 27.6. The fraction of sp³-hybridized carbons (Fsp3) is 0.695. The highest BCUT2D eigenvalue weighted by Gasteiger charge is 2.30. The third kappa shape index (κ3) is 49.7. The molecule has 0 saturated carbocycles. The Morgan fingerprint density at radius 3 is 1.55 bits per heavy atom. The normalized spacial score (nSPS) is 14.6. The Bertz CT molecular complexity index is 1510. The number of carbonyl (C=O) groups is 2. The van der Waals surface area contributed by atoms with Crippen LogP contribution >= 0.6 is 7.82 Å². The fourth-order valence-electron chi connectivity index (χ4n) is 7.27. The van der Waals surface area contributed by atoms with Crippen LogP contribution in [0.3, 0.4) is 0 Å². The van der Waals surface area contributed by atoms with Crippen LogP contribution < -0.4 is 5.32 Å². The number of allylic oxidation sites excluding steroid dienone is 15. The second kappa shape index (κ2) is 48.6. The van der Waals surface area contributed by atoms with Gasteiger partial charge in [-0.25, -0.2) is 4.57 Å². The van der Waals surface area contributed by atoms with E-state index in [4.69, 9.17) is 13.8 Å².